The Bertz CT molecular complexity index is 2420. The van der Waals surface area contributed by atoms with Crippen molar-refractivity contribution >= 4 is 59.8 Å². The molecule has 2 aliphatic rings. The van der Waals surface area contributed by atoms with E-state index in [0.29, 0.717) is 5.75 Å². The summed E-state index contributed by atoms with van der Waals surface area (Å²) in [7, 11) is -4.40. The first-order chi connectivity index (χ1) is 23.2. The lowest BCUT2D eigenvalue weighted by Crippen LogP contribution is -2.16. The molecule has 0 aliphatic carbocycles. The molecular formula is C42H28O3P2. The maximum Gasteiger partial charge on any atom is 0.300 e. The molecule has 0 fully saturated rings. The van der Waals surface area contributed by atoms with Crippen LogP contribution in [0.2, 0.25) is 0 Å². The zero-order chi connectivity index (χ0) is 31.4. The minimum Gasteiger partial charge on any atom is -0.464 e. The van der Waals surface area contributed by atoms with Gasteiger partial charge in [-0.05, 0) is 80.0 Å². The van der Waals surface area contributed by atoms with Gasteiger partial charge in [-0.2, -0.15) is 0 Å². The van der Waals surface area contributed by atoms with Crippen molar-refractivity contribution in [2.24, 2.45) is 0 Å². The molecule has 0 aromatic heterocycles. The van der Waals surface area contributed by atoms with Gasteiger partial charge in [0.05, 0.1) is 5.30 Å². The average Bonchev–Trinajstić information content (AvgIpc) is 3.13. The van der Waals surface area contributed by atoms with Crippen LogP contribution in [0.5, 0.6) is 11.5 Å². The highest BCUT2D eigenvalue weighted by Gasteiger charge is 2.33. The van der Waals surface area contributed by atoms with Crippen molar-refractivity contribution in [3.63, 3.8) is 0 Å². The smallest absolute Gasteiger partial charge is 0.300 e. The molecule has 5 heteroatoms. The van der Waals surface area contributed by atoms with Crippen molar-refractivity contribution in [1.82, 2.24) is 0 Å². The van der Waals surface area contributed by atoms with Gasteiger partial charge in [0.25, 0.3) is 7.37 Å². The van der Waals surface area contributed by atoms with E-state index in [1.165, 1.54) is 10.9 Å². The van der Waals surface area contributed by atoms with Gasteiger partial charge in [0, 0.05) is 22.2 Å². The molecule has 2 heterocycles. The second-order valence-corrected chi connectivity index (χ2v) is 15.5. The Balaban J connectivity index is 1.18. The maximum absolute atomic E-state index is 14.7. The predicted octanol–water partition coefficient (Wildman–Crippen LogP) is 11.4. The number of fused-ring (bicyclic) bond motifs is 8. The lowest BCUT2D eigenvalue weighted by atomic mass is 9.92. The van der Waals surface area contributed by atoms with E-state index < -0.39 is 15.5 Å². The molecule has 2 aliphatic heterocycles. The second-order valence-electron chi connectivity index (χ2n) is 11.7. The van der Waals surface area contributed by atoms with Crippen LogP contribution < -0.4 is 19.7 Å². The van der Waals surface area contributed by atoms with E-state index in [9.17, 15) is 4.57 Å². The summed E-state index contributed by atoms with van der Waals surface area (Å²) in [5, 5.41) is 6.35. The van der Waals surface area contributed by atoms with Crippen molar-refractivity contribution in [3.05, 3.63) is 168 Å². The monoisotopic (exact) mass is 642 g/mol. The highest BCUT2D eigenvalue weighted by atomic mass is 31.2. The lowest BCUT2D eigenvalue weighted by Gasteiger charge is -2.26. The van der Waals surface area contributed by atoms with Crippen molar-refractivity contribution in [1.29, 1.82) is 0 Å². The largest absolute Gasteiger partial charge is 0.464 e. The Kier molecular flexibility index (Phi) is 6.71. The summed E-state index contributed by atoms with van der Waals surface area (Å²) in [5.74, 6) is 5.58. The van der Waals surface area contributed by atoms with E-state index in [0.717, 1.165) is 60.4 Å². The zero-order valence-corrected chi connectivity index (χ0v) is 27.1. The zero-order valence-electron chi connectivity index (χ0n) is 25.3. The summed E-state index contributed by atoms with van der Waals surface area (Å²) in [6, 6.07) is 49.4. The van der Waals surface area contributed by atoms with E-state index >= 15 is 0 Å². The Morgan fingerprint density at radius 3 is 1.66 bits per heavy atom. The third-order valence-corrected chi connectivity index (χ3v) is 12.7. The molecule has 9 rings (SSSR count). The van der Waals surface area contributed by atoms with Crippen LogP contribution in [0.15, 0.2) is 157 Å². The lowest BCUT2D eigenvalue weighted by molar-refractivity contribution is 0.501. The van der Waals surface area contributed by atoms with Gasteiger partial charge in [0.2, 0.25) is 0 Å². The molecule has 47 heavy (non-hydrogen) atoms. The van der Waals surface area contributed by atoms with Gasteiger partial charge < -0.3 is 9.05 Å². The topological polar surface area (TPSA) is 35.5 Å². The van der Waals surface area contributed by atoms with Crippen LogP contribution >= 0.6 is 15.5 Å². The van der Waals surface area contributed by atoms with Crippen LogP contribution in [0.1, 0.15) is 11.1 Å². The third kappa shape index (κ3) is 4.66. The SMILES string of the molecule is O=P1(/C=C/c2c3ccccc3c(/C=C/P3Oc4ccccc4-c4ccccc43)c3ccccc23)Oc2ccccc2-c2ccccc21. The minimum absolute atomic E-state index is 0.644. The first kappa shape index (κ1) is 28.1. The third-order valence-electron chi connectivity index (χ3n) is 9.00. The predicted molar refractivity (Wildman–Crippen MR) is 198 cm³/mol. The molecule has 0 radical (unpaired) electrons. The Hall–Kier alpha value is -5.20. The van der Waals surface area contributed by atoms with Crippen LogP contribution in [-0.2, 0) is 4.57 Å². The van der Waals surface area contributed by atoms with Crippen LogP contribution in [0.25, 0.3) is 56.0 Å². The van der Waals surface area contributed by atoms with Gasteiger partial charge >= 0.3 is 0 Å². The first-order valence-electron chi connectivity index (χ1n) is 15.6. The highest BCUT2D eigenvalue weighted by molar-refractivity contribution is 7.71. The molecule has 0 bridgehead atoms. The van der Waals surface area contributed by atoms with Gasteiger partial charge in [-0.15, -0.1) is 0 Å². The van der Waals surface area contributed by atoms with E-state index in [1.807, 2.05) is 60.7 Å². The van der Waals surface area contributed by atoms with Crippen LogP contribution in [0.3, 0.4) is 0 Å². The summed E-state index contributed by atoms with van der Waals surface area (Å²) in [6.45, 7) is 0. The van der Waals surface area contributed by atoms with Crippen molar-refractivity contribution in [3.8, 4) is 33.8 Å². The van der Waals surface area contributed by atoms with Crippen molar-refractivity contribution in [2.45, 2.75) is 0 Å². The normalized spacial score (nSPS) is 17.9. The summed E-state index contributed by atoms with van der Waals surface area (Å²) >= 11 is 0. The van der Waals surface area contributed by atoms with Gasteiger partial charge in [0.1, 0.15) is 19.6 Å². The van der Waals surface area contributed by atoms with Gasteiger partial charge in [-0.3, -0.25) is 4.57 Å². The standard InChI is InChI=1S/C42H28O3P2/c43-47(42-24-12-8-20-38(42)36-18-6-10-22-40(36)45-47)28-26-34-31-15-3-1-13-29(31)33(30-14-2-4-16-32(30)34)25-27-46-41-23-11-7-19-37(41)35-17-5-9-21-39(35)44-46/h1-28H/b27-25+,28-26+. The first-order valence-corrected chi connectivity index (χ1v) is 18.7. The number of hydrogen-bond acceptors (Lipinski definition) is 3. The number of benzene rings is 7. The molecule has 0 saturated carbocycles. The molecule has 0 N–H and O–H groups in total. The molecule has 2 atom stereocenters. The Morgan fingerprint density at radius 2 is 0.979 bits per heavy atom. The fraction of sp³-hybridized carbons (Fsp3) is 0. The van der Waals surface area contributed by atoms with Gasteiger partial charge in [-0.1, -0.05) is 127 Å². The minimum atomic E-state index is -3.37. The van der Waals surface area contributed by atoms with Gasteiger partial charge in [-0.25, -0.2) is 0 Å². The van der Waals surface area contributed by atoms with Crippen LogP contribution in [0.4, 0.5) is 0 Å². The average molecular weight is 643 g/mol. The molecule has 7 aromatic rings. The number of rotatable bonds is 4. The van der Waals surface area contributed by atoms with Crippen LogP contribution in [-0.4, -0.2) is 0 Å². The van der Waals surface area contributed by atoms with E-state index in [4.69, 9.17) is 9.05 Å². The molecular weight excluding hydrogens is 614 g/mol. The van der Waals surface area contributed by atoms with Crippen LogP contribution in [0, 0.1) is 0 Å². The second kappa shape index (κ2) is 11.2. The van der Waals surface area contributed by atoms with E-state index in [2.05, 4.69) is 103 Å². The maximum atomic E-state index is 14.7. The Labute approximate surface area is 274 Å². The quantitative estimate of drug-likeness (QED) is 0.142. The molecule has 0 saturated heterocycles. The fourth-order valence-electron chi connectivity index (χ4n) is 6.85. The molecule has 0 amide bonds. The molecule has 3 nitrogen and oxygen atoms in total. The molecule has 224 valence electrons. The van der Waals surface area contributed by atoms with Crippen molar-refractivity contribution < 1.29 is 13.6 Å². The van der Waals surface area contributed by atoms with E-state index in [-0.39, 0.29) is 0 Å². The van der Waals surface area contributed by atoms with E-state index in [1.54, 1.807) is 5.82 Å². The highest BCUT2D eigenvalue weighted by Crippen LogP contribution is 2.56. The summed E-state index contributed by atoms with van der Waals surface area (Å²) in [4.78, 5) is 0. The molecule has 0 spiro atoms. The summed E-state index contributed by atoms with van der Waals surface area (Å²) in [6.07, 6.45) is 4.24. The summed E-state index contributed by atoms with van der Waals surface area (Å²) < 4.78 is 27.6. The number of hydrogen-bond donors (Lipinski definition) is 0. The Morgan fingerprint density at radius 1 is 0.489 bits per heavy atom. The van der Waals surface area contributed by atoms with Crippen molar-refractivity contribution in [2.75, 3.05) is 0 Å². The fourth-order valence-corrected chi connectivity index (χ4v) is 10.4. The molecule has 2 unspecified atom stereocenters. The summed E-state index contributed by atoms with van der Waals surface area (Å²) in [5.41, 5.74) is 6.43. The molecule has 7 aromatic carbocycles. The number of para-hydroxylation sites is 2. The van der Waals surface area contributed by atoms with Gasteiger partial charge in [0.15, 0.2) is 0 Å².